The van der Waals surface area contributed by atoms with Gasteiger partial charge in [0.2, 0.25) is 5.91 Å². The summed E-state index contributed by atoms with van der Waals surface area (Å²) in [4.78, 5) is 28.8. The number of rotatable bonds is 12. The van der Waals surface area contributed by atoms with Gasteiger partial charge in [0.15, 0.2) is 0 Å². The van der Waals surface area contributed by atoms with Crippen LogP contribution in [0, 0.1) is 5.92 Å². The maximum Gasteiger partial charge on any atom is 0.407 e. The summed E-state index contributed by atoms with van der Waals surface area (Å²) < 4.78 is 8.00. The number of ether oxygens (including phenoxy) is 1. The first-order chi connectivity index (χ1) is 15.7. The van der Waals surface area contributed by atoms with E-state index in [-0.39, 0.29) is 18.6 Å². The summed E-state index contributed by atoms with van der Waals surface area (Å²) in [6.45, 7) is 4.49. The number of nitrogens with one attached hydrogen (secondary N) is 2. The number of aryl methyl sites for hydroxylation is 1. The molecule has 1 aliphatic carbocycles. The zero-order valence-electron chi connectivity index (χ0n) is 19.2. The van der Waals surface area contributed by atoms with Crippen molar-refractivity contribution < 1.29 is 14.3 Å². The molecule has 0 aliphatic heterocycles. The SMILES string of the molecule is CC(C)(N)C(=O)NC(CCCc1ccccc1Br)c1ncnn1CCOC(=O)NCC1CC1. The van der Waals surface area contributed by atoms with E-state index < -0.39 is 11.6 Å². The summed E-state index contributed by atoms with van der Waals surface area (Å²) >= 11 is 3.58. The van der Waals surface area contributed by atoms with Crippen molar-refractivity contribution in [2.75, 3.05) is 13.2 Å². The average Bonchev–Trinajstić information content (AvgIpc) is 3.48. The van der Waals surface area contributed by atoms with E-state index in [1.54, 1.807) is 18.5 Å². The van der Waals surface area contributed by atoms with Gasteiger partial charge in [0.25, 0.3) is 0 Å². The van der Waals surface area contributed by atoms with Crippen LogP contribution in [0.1, 0.15) is 57.0 Å². The Morgan fingerprint density at radius 2 is 2.09 bits per heavy atom. The van der Waals surface area contributed by atoms with Gasteiger partial charge in [-0.1, -0.05) is 34.1 Å². The molecule has 1 fully saturated rings. The Morgan fingerprint density at radius 1 is 1.33 bits per heavy atom. The van der Waals surface area contributed by atoms with E-state index in [0.29, 0.717) is 31.3 Å². The van der Waals surface area contributed by atoms with E-state index in [2.05, 4.69) is 42.7 Å². The number of hydrogen-bond acceptors (Lipinski definition) is 6. The van der Waals surface area contributed by atoms with Gasteiger partial charge >= 0.3 is 6.09 Å². The molecule has 0 bridgehead atoms. The molecule has 33 heavy (non-hydrogen) atoms. The third-order valence-electron chi connectivity index (χ3n) is 5.51. The van der Waals surface area contributed by atoms with Crippen molar-refractivity contribution in [3.05, 3.63) is 46.5 Å². The van der Waals surface area contributed by atoms with Crippen LogP contribution in [0.25, 0.3) is 0 Å². The molecule has 1 aromatic heterocycles. The van der Waals surface area contributed by atoms with E-state index in [4.69, 9.17) is 10.5 Å². The first kappa shape index (κ1) is 25.2. The van der Waals surface area contributed by atoms with Crippen LogP contribution in [-0.2, 0) is 22.5 Å². The number of carbonyl (C=O) groups excluding carboxylic acids is 2. The summed E-state index contributed by atoms with van der Waals surface area (Å²) in [6.07, 6.45) is 5.68. The Kier molecular flexibility index (Phi) is 8.85. The van der Waals surface area contributed by atoms with Crippen molar-refractivity contribution in [2.45, 2.75) is 64.1 Å². The molecule has 1 saturated carbocycles. The number of amides is 2. The molecule has 1 unspecified atom stereocenters. The van der Waals surface area contributed by atoms with Crippen LogP contribution in [-0.4, -0.2) is 45.5 Å². The number of nitrogens with zero attached hydrogens (tertiary/aromatic N) is 3. The first-order valence-corrected chi connectivity index (χ1v) is 12.1. The lowest BCUT2D eigenvalue weighted by Gasteiger charge is -2.24. The quantitative estimate of drug-likeness (QED) is 0.395. The van der Waals surface area contributed by atoms with Crippen molar-refractivity contribution in [3.63, 3.8) is 0 Å². The zero-order valence-corrected chi connectivity index (χ0v) is 20.8. The van der Waals surface area contributed by atoms with Gasteiger partial charge in [-0.15, -0.1) is 0 Å². The van der Waals surface area contributed by atoms with Crippen molar-refractivity contribution in [1.82, 2.24) is 25.4 Å². The highest BCUT2D eigenvalue weighted by atomic mass is 79.9. The van der Waals surface area contributed by atoms with Crippen LogP contribution in [0.5, 0.6) is 0 Å². The molecule has 0 spiro atoms. The van der Waals surface area contributed by atoms with Crippen LogP contribution in [0.15, 0.2) is 35.1 Å². The predicted octanol–water partition coefficient (Wildman–Crippen LogP) is 3.09. The standard InChI is InChI=1S/C23H33BrN6O3/c1-23(2,25)21(31)29-19(9-5-7-17-6-3-4-8-18(17)24)20-27-15-28-30(20)12-13-33-22(32)26-14-16-10-11-16/h3-4,6,8,15-16,19H,5,7,9-14,25H2,1-2H3,(H,26,32)(H,29,31). The van der Waals surface area contributed by atoms with Crippen molar-refractivity contribution >= 4 is 27.9 Å². The van der Waals surface area contributed by atoms with Crippen molar-refractivity contribution in [3.8, 4) is 0 Å². The second kappa shape index (κ2) is 11.6. The molecule has 1 atom stereocenters. The molecule has 180 valence electrons. The van der Waals surface area contributed by atoms with Crippen molar-refractivity contribution in [1.29, 1.82) is 0 Å². The third kappa shape index (κ3) is 8.12. The minimum atomic E-state index is -1.02. The molecule has 1 heterocycles. The molecule has 0 radical (unpaired) electrons. The van der Waals surface area contributed by atoms with Gasteiger partial charge in [-0.05, 0) is 63.5 Å². The van der Waals surface area contributed by atoms with Gasteiger partial charge in [-0.3, -0.25) is 4.79 Å². The fourth-order valence-electron chi connectivity index (χ4n) is 3.35. The van der Waals surface area contributed by atoms with E-state index in [9.17, 15) is 9.59 Å². The number of benzene rings is 1. The van der Waals surface area contributed by atoms with Crippen LogP contribution in [0.4, 0.5) is 4.79 Å². The Balaban J connectivity index is 1.60. The Hall–Kier alpha value is -2.46. The lowest BCUT2D eigenvalue weighted by molar-refractivity contribution is -0.126. The van der Waals surface area contributed by atoms with Crippen LogP contribution < -0.4 is 16.4 Å². The smallest absolute Gasteiger partial charge is 0.407 e. The number of hydrogen-bond donors (Lipinski definition) is 3. The number of aromatic nitrogens is 3. The molecule has 2 aromatic rings. The molecule has 3 rings (SSSR count). The highest BCUT2D eigenvalue weighted by molar-refractivity contribution is 9.10. The summed E-state index contributed by atoms with van der Waals surface area (Å²) in [5.74, 6) is 0.938. The number of alkyl carbamates (subject to hydrolysis) is 1. The molecule has 0 saturated heterocycles. The van der Waals surface area contributed by atoms with E-state index in [0.717, 1.165) is 30.2 Å². The Labute approximate surface area is 203 Å². The van der Waals surface area contributed by atoms with Crippen LogP contribution in [0.2, 0.25) is 0 Å². The summed E-state index contributed by atoms with van der Waals surface area (Å²) in [5, 5.41) is 10.1. The number of carbonyl (C=O) groups is 2. The maximum atomic E-state index is 12.6. The van der Waals surface area contributed by atoms with Crippen molar-refractivity contribution in [2.24, 2.45) is 11.7 Å². The normalized spacial score (nSPS) is 14.5. The first-order valence-electron chi connectivity index (χ1n) is 11.4. The van der Waals surface area contributed by atoms with Crippen LogP contribution in [0.3, 0.4) is 0 Å². The summed E-state index contributed by atoms with van der Waals surface area (Å²) in [7, 11) is 0. The highest BCUT2D eigenvalue weighted by Crippen LogP contribution is 2.27. The molecular formula is C23H33BrN6O3. The van der Waals surface area contributed by atoms with E-state index in [1.165, 1.54) is 11.9 Å². The third-order valence-corrected chi connectivity index (χ3v) is 6.29. The van der Waals surface area contributed by atoms with E-state index >= 15 is 0 Å². The van der Waals surface area contributed by atoms with Gasteiger partial charge in [-0.2, -0.15) is 5.10 Å². The van der Waals surface area contributed by atoms with E-state index in [1.807, 2.05) is 18.2 Å². The van der Waals surface area contributed by atoms with Gasteiger partial charge in [0, 0.05) is 11.0 Å². The predicted molar refractivity (Wildman–Crippen MR) is 128 cm³/mol. The Morgan fingerprint density at radius 3 is 2.79 bits per heavy atom. The van der Waals surface area contributed by atoms with Gasteiger partial charge in [-0.25, -0.2) is 14.5 Å². The second-order valence-corrected chi connectivity index (χ2v) is 9.89. The summed E-state index contributed by atoms with van der Waals surface area (Å²) in [5.41, 5.74) is 6.18. The van der Waals surface area contributed by atoms with Crippen LogP contribution >= 0.6 is 15.9 Å². The topological polar surface area (TPSA) is 124 Å². The molecule has 1 aliphatic rings. The fraction of sp³-hybridized carbons (Fsp3) is 0.565. The minimum Gasteiger partial charge on any atom is -0.448 e. The zero-order chi connectivity index (χ0) is 23.8. The molecule has 2 amide bonds. The summed E-state index contributed by atoms with van der Waals surface area (Å²) in [6, 6.07) is 7.72. The number of nitrogens with two attached hydrogens (primary N) is 1. The molecule has 10 heteroatoms. The van der Waals surface area contributed by atoms with Gasteiger partial charge in [0.05, 0.1) is 18.1 Å². The molecule has 9 nitrogen and oxygen atoms in total. The van der Waals surface area contributed by atoms with Gasteiger partial charge in [0.1, 0.15) is 18.8 Å². The molecule has 1 aromatic carbocycles. The largest absolute Gasteiger partial charge is 0.448 e. The second-order valence-electron chi connectivity index (χ2n) is 9.03. The lowest BCUT2D eigenvalue weighted by Crippen LogP contribution is -2.50. The number of halogens is 1. The Bertz CT molecular complexity index is 938. The molecular weight excluding hydrogens is 488 g/mol. The molecule has 4 N–H and O–H groups in total. The fourth-order valence-corrected chi connectivity index (χ4v) is 3.83. The monoisotopic (exact) mass is 520 g/mol. The minimum absolute atomic E-state index is 0.160. The van der Waals surface area contributed by atoms with Gasteiger partial charge < -0.3 is 21.1 Å². The maximum absolute atomic E-state index is 12.6. The lowest BCUT2D eigenvalue weighted by atomic mass is 10.0. The highest BCUT2D eigenvalue weighted by Gasteiger charge is 2.27. The average molecular weight is 521 g/mol.